The van der Waals surface area contributed by atoms with Crippen LogP contribution in [0.1, 0.15) is 76.8 Å². The second-order valence-corrected chi connectivity index (χ2v) is 11.7. The molecule has 0 aliphatic heterocycles. The van der Waals surface area contributed by atoms with Crippen molar-refractivity contribution in [2.24, 2.45) is 0 Å². The number of carbonyl (C=O) groups is 4. The molecule has 0 spiro atoms. The Labute approximate surface area is 277 Å². The van der Waals surface area contributed by atoms with E-state index in [1.165, 1.54) is 0 Å². The second-order valence-electron chi connectivity index (χ2n) is 11.7. The first-order valence-corrected chi connectivity index (χ1v) is 16.2. The van der Waals surface area contributed by atoms with Crippen LogP contribution in [-0.4, -0.2) is 47.5 Å². The molecule has 47 heavy (non-hydrogen) atoms. The van der Waals surface area contributed by atoms with Gasteiger partial charge in [-0.3, -0.25) is 19.2 Å². The molecule has 0 saturated heterocycles. The zero-order chi connectivity index (χ0) is 33.4. The Morgan fingerprint density at radius 2 is 0.809 bits per heavy atom. The predicted octanol–water partition coefficient (Wildman–Crippen LogP) is 7.54. The first kappa shape index (κ1) is 34.6. The van der Waals surface area contributed by atoms with Crippen LogP contribution in [0.4, 0.5) is 11.4 Å². The van der Waals surface area contributed by atoms with Gasteiger partial charge in [-0.15, -0.1) is 0 Å². The lowest BCUT2D eigenvalue weighted by Gasteiger charge is -2.19. The maximum atomic E-state index is 13.1. The van der Waals surface area contributed by atoms with Gasteiger partial charge in [0.25, 0.3) is 11.8 Å². The number of benzene rings is 4. The summed E-state index contributed by atoms with van der Waals surface area (Å²) in [7, 11) is 3.51. The second kappa shape index (κ2) is 18.0. The summed E-state index contributed by atoms with van der Waals surface area (Å²) >= 11 is 0. The highest BCUT2D eigenvalue weighted by atomic mass is 16.2. The van der Waals surface area contributed by atoms with Gasteiger partial charge >= 0.3 is 0 Å². The lowest BCUT2D eigenvalue weighted by atomic mass is 10.1. The molecule has 4 amide bonds. The molecule has 8 nitrogen and oxygen atoms in total. The highest BCUT2D eigenvalue weighted by Gasteiger charge is 2.18. The first-order chi connectivity index (χ1) is 22.8. The number of para-hydroxylation sites is 2. The lowest BCUT2D eigenvalue weighted by Crippen LogP contribution is -2.27. The van der Waals surface area contributed by atoms with Crippen molar-refractivity contribution in [3.05, 3.63) is 131 Å². The molecule has 0 saturated carbocycles. The Morgan fingerprint density at radius 3 is 1.21 bits per heavy atom. The van der Waals surface area contributed by atoms with Gasteiger partial charge in [0.15, 0.2) is 0 Å². The molecule has 0 fully saturated rings. The SMILES string of the molecule is CN(Cc1ccccc1)C(=O)c1ccccc1NC(=O)CCCCCCCC(=O)Nc1ccccc1C(=O)N(C)Cc1ccccc1. The van der Waals surface area contributed by atoms with Crippen LogP contribution in [0, 0.1) is 0 Å². The minimum atomic E-state index is -0.153. The van der Waals surface area contributed by atoms with Crippen LogP contribution >= 0.6 is 0 Å². The van der Waals surface area contributed by atoms with Crippen LogP contribution in [-0.2, 0) is 22.7 Å². The van der Waals surface area contributed by atoms with Gasteiger partial charge < -0.3 is 20.4 Å². The smallest absolute Gasteiger partial charge is 0.256 e. The molecular formula is C39H44N4O4. The molecule has 2 N–H and O–H groups in total. The number of hydrogen-bond acceptors (Lipinski definition) is 4. The average molecular weight is 633 g/mol. The number of nitrogens with one attached hydrogen (secondary N) is 2. The van der Waals surface area contributed by atoms with E-state index in [2.05, 4.69) is 10.6 Å². The van der Waals surface area contributed by atoms with Crippen LogP contribution in [0.25, 0.3) is 0 Å². The van der Waals surface area contributed by atoms with Gasteiger partial charge in [-0.25, -0.2) is 0 Å². The molecule has 0 aliphatic rings. The Hall–Kier alpha value is -5.24. The topological polar surface area (TPSA) is 98.8 Å². The summed E-state index contributed by atoms with van der Waals surface area (Å²) in [5.74, 6) is -0.561. The molecule has 0 aromatic heterocycles. The van der Waals surface area contributed by atoms with Gasteiger partial charge in [-0.2, -0.15) is 0 Å². The molecule has 0 heterocycles. The summed E-state index contributed by atoms with van der Waals surface area (Å²) in [6.45, 7) is 0.951. The number of hydrogen-bond donors (Lipinski definition) is 2. The number of carbonyl (C=O) groups excluding carboxylic acids is 4. The van der Waals surface area contributed by atoms with E-state index in [4.69, 9.17) is 0 Å². The molecular weight excluding hydrogens is 588 g/mol. The summed E-state index contributed by atoms with van der Waals surface area (Å²) in [6.07, 6.45) is 4.77. The zero-order valence-electron chi connectivity index (χ0n) is 27.3. The van der Waals surface area contributed by atoms with Crippen molar-refractivity contribution in [3.63, 3.8) is 0 Å². The molecule has 244 valence electrons. The maximum absolute atomic E-state index is 13.1. The number of anilines is 2. The molecule has 4 rings (SSSR count). The molecule has 0 atom stereocenters. The molecule has 0 unspecified atom stereocenters. The van der Waals surface area contributed by atoms with E-state index in [-0.39, 0.29) is 23.6 Å². The van der Waals surface area contributed by atoms with E-state index >= 15 is 0 Å². The fourth-order valence-electron chi connectivity index (χ4n) is 5.35. The van der Waals surface area contributed by atoms with Gasteiger partial charge in [-0.05, 0) is 48.2 Å². The van der Waals surface area contributed by atoms with E-state index in [1.807, 2.05) is 60.7 Å². The van der Waals surface area contributed by atoms with Gasteiger partial charge in [0.1, 0.15) is 0 Å². The number of rotatable bonds is 16. The standard InChI is InChI=1S/C39H44N4O4/c1-42(28-30-18-8-6-9-19-30)38(46)32-22-14-16-24-34(32)40-36(44)26-12-4-3-5-13-27-37(45)41-35-25-17-15-23-33(35)39(47)43(2)29-31-20-10-7-11-21-31/h6-11,14-25H,3-5,12-13,26-29H2,1-2H3,(H,40,44)(H,41,45). The molecule has 0 bridgehead atoms. The zero-order valence-corrected chi connectivity index (χ0v) is 27.3. The van der Waals surface area contributed by atoms with Crippen molar-refractivity contribution < 1.29 is 19.2 Å². The van der Waals surface area contributed by atoms with E-state index in [0.29, 0.717) is 61.3 Å². The summed E-state index contributed by atoms with van der Waals surface area (Å²) in [6, 6.07) is 33.7. The van der Waals surface area contributed by atoms with Gasteiger partial charge in [0.2, 0.25) is 11.8 Å². The van der Waals surface area contributed by atoms with Crippen molar-refractivity contribution in [2.45, 2.75) is 58.0 Å². The van der Waals surface area contributed by atoms with Crippen molar-refractivity contribution in [2.75, 3.05) is 24.7 Å². The third-order valence-corrected chi connectivity index (χ3v) is 7.89. The van der Waals surface area contributed by atoms with Crippen LogP contribution in [0.3, 0.4) is 0 Å². The fourth-order valence-corrected chi connectivity index (χ4v) is 5.35. The van der Waals surface area contributed by atoms with Crippen LogP contribution in [0.2, 0.25) is 0 Å². The van der Waals surface area contributed by atoms with Crippen LogP contribution < -0.4 is 10.6 Å². The maximum Gasteiger partial charge on any atom is 0.256 e. The normalized spacial score (nSPS) is 10.6. The van der Waals surface area contributed by atoms with Crippen molar-refractivity contribution in [3.8, 4) is 0 Å². The summed E-state index contributed by atoms with van der Waals surface area (Å²) in [5.41, 5.74) is 4.02. The summed E-state index contributed by atoms with van der Waals surface area (Å²) in [5, 5.41) is 5.83. The average Bonchev–Trinajstić information content (AvgIpc) is 3.08. The molecule has 0 radical (unpaired) electrons. The summed E-state index contributed by atoms with van der Waals surface area (Å²) in [4.78, 5) is 54.9. The highest BCUT2D eigenvalue weighted by molar-refractivity contribution is 6.04. The third kappa shape index (κ3) is 11.0. The number of nitrogens with zero attached hydrogens (tertiary/aromatic N) is 2. The Balaban J connectivity index is 1.14. The number of amides is 4. The fraction of sp³-hybridized carbons (Fsp3) is 0.282. The number of unbranched alkanes of at least 4 members (excludes halogenated alkanes) is 4. The van der Waals surface area contributed by atoms with Gasteiger partial charge in [-0.1, -0.05) is 104 Å². The van der Waals surface area contributed by atoms with Crippen LogP contribution in [0.15, 0.2) is 109 Å². The quantitative estimate of drug-likeness (QED) is 0.125. The highest BCUT2D eigenvalue weighted by Crippen LogP contribution is 2.21. The third-order valence-electron chi connectivity index (χ3n) is 7.89. The summed E-state index contributed by atoms with van der Waals surface area (Å²) < 4.78 is 0. The Bertz CT molecular complexity index is 1500. The van der Waals surface area contributed by atoms with E-state index in [0.717, 1.165) is 30.4 Å². The molecule has 4 aromatic carbocycles. The first-order valence-electron chi connectivity index (χ1n) is 16.2. The molecule has 0 aliphatic carbocycles. The van der Waals surface area contributed by atoms with Gasteiger partial charge in [0, 0.05) is 40.0 Å². The minimum Gasteiger partial charge on any atom is -0.337 e. The largest absolute Gasteiger partial charge is 0.337 e. The lowest BCUT2D eigenvalue weighted by molar-refractivity contribution is -0.117. The van der Waals surface area contributed by atoms with Crippen molar-refractivity contribution in [1.82, 2.24) is 9.80 Å². The van der Waals surface area contributed by atoms with E-state index in [9.17, 15) is 19.2 Å². The van der Waals surface area contributed by atoms with Crippen molar-refractivity contribution >= 4 is 35.0 Å². The molecule has 4 aromatic rings. The minimum absolute atomic E-state index is 0.127. The Morgan fingerprint density at radius 1 is 0.468 bits per heavy atom. The van der Waals surface area contributed by atoms with E-state index < -0.39 is 0 Å². The van der Waals surface area contributed by atoms with Crippen LogP contribution in [0.5, 0.6) is 0 Å². The van der Waals surface area contributed by atoms with Gasteiger partial charge in [0.05, 0.1) is 22.5 Å². The molecule has 8 heteroatoms. The Kier molecular flexibility index (Phi) is 13.3. The monoisotopic (exact) mass is 632 g/mol. The van der Waals surface area contributed by atoms with Crippen molar-refractivity contribution in [1.29, 1.82) is 0 Å². The van der Waals surface area contributed by atoms with E-state index in [1.54, 1.807) is 72.4 Å². The predicted molar refractivity (Wildman–Crippen MR) is 187 cm³/mol.